The van der Waals surface area contributed by atoms with Gasteiger partial charge < -0.3 is 5.32 Å². The van der Waals surface area contributed by atoms with E-state index in [1.54, 1.807) is 6.07 Å². The van der Waals surface area contributed by atoms with Gasteiger partial charge in [-0.25, -0.2) is 0 Å². The first kappa shape index (κ1) is 13.7. The Hall–Kier alpha value is -1.29. The fraction of sp³-hybridized carbons (Fsp3) is 0.500. The highest BCUT2D eigenvalue weighted by molar-refractivity contribution is 5.70. The number of piperidine rings is 1. The molecule has 0 amide bonds. The largest absolute Gasteiger partial charge is 0.416 e. The minimum Gasteiger partial charge on any atom is -0.307 e. The van der Waals surface area contributed by atoms with Gasteiger partial charge in [-0.1, -0.05) is 18.6 Å². The van der Waals surface area contributed by atoms with Crippen LogP contribution in [0, 0.1) is 6.92 Å². The zero-order chi connectivity index (χ0) is 14.3. The molecule has 2 unspecified atom stereocenters. The second-order valence-electron chi connectivity index (χ2n) is 5.82. The average Bonchev–Trinajstić information content (AvgIpc) is 2.37. The molecule has 2 bridgehead atoms. The Bertz CT molecular complexity index is 545. The van der Waals surface area contributed by atoms with Crippen molar-refractivity contribution in [1.29, 1.82) is 0 Å². The number of hydrogen-bond donors (Lipinski definition) is 1. The molecule has 1 nitrogen and oxygen atoms in total. The first-order valence-electron chi connectivity index (χ1n) is 7.08. The summed E-state index contributed by atoms with van der Waals surface area (Å²) in [5.41, 5.74) is 2.20. The van der Waals surface area contributed by atoms with Crippen molar-refractivity contribution in [2.45, 2.75) is 50.9 Å². The van der Waals surface area contributed by atoms with E-state index >= 15 is 0 Å². The fourth-order valence-electron chi connectivity index (χ4n) is 3.27. The maximum absolute atomic E-state index is 12.9. The number of nitrogens with one attached hydrogen (secondary N) is 1. The molecule has 2 heterocycles. The molecule has 2 aliphatic rings. The standard InChI is InChI=1S/C16H18F3N/c1-10-5-6-12(16(17,18)19)9-15(10)11-7-13-3-2-4-14(8-11)20-13/h5-7,9,13-14,20H,2-4,8H2,1H3. The molecule has 1 aromatic carbocycles. The van der Waals surface area contributed by atoms with Crippen LogP contribution in [0.4, 0.5) is 13.2 Å². The van der Waals surface area contributed by atoms with Crippen LogP contribution in [0.1, 0.15) is 42.4 Å². The van der Waals surface area contributed by atoms with Crippen LogP contribution in [0.15, 0.2) is 24.3 Å². The third-order valence-electron chi connectivity index (χ3n) is 4.30. The minimum absolute atomic E-state index is 0.325. The molecular formula is C16H18F3N. The van der Waals surface area contributed by atoms with E-state index in [2.05, 4.69) is 11.4 Å². The molecule has 2 atom stereocenters. The number of aryl methyl sites for hydroxylation is 1. The van der Waals surface area contributed by atoms with Gasteiger partial charge >= 0.3 is 6.18 Å². The van der Waals surface area contributed by atoms with E-state index in [0.717, 1.165) is 36.0 Å². The van der Waals surface area contributed by atoms with Crippen molar-refractivity contribution in [1.82, 2.24) is 5.32 Å². The van der Waals surface area contributed by atoms with Crippen molar-refractivity contribution in [3.8, 4) is 0 Å². The van der Waals surface area contributed by atoms with Crippen LogP contribution in [-0.4, -0.2) is 12.1 Å². The molecule has 1 N–H and O–H groups in total. The SMILES string of the molecule is Cc1ccc(C(F)(F)F)cc1C1=CC2CCCC(C1)N2. The molecule has 1 aromatic rings. The normalized spacial score (nSPS) is 26.3. The lowest BCUT2D eigenvalue weighted by Gasteiger charge is -2.35. The third kappa shape index (κ3) is 2.62. The summed E-state index contributed by atoms with van der Waals surface area (Å²) in [6, 6.07) is 4.80. The highest BCUT2D eigenvalue weighted by atomic mass is 19.4. The van der Waals surface area contributed by atoms with E-state index in [-0.39, 0.29) is 0 Å². The summed E-state index contributed by atoms with van der Waals surface area (Å²) < 4.78 is 38.6. The molecule has 0 aliphatic carbocycles. The Kier molecular flexibility index (Phi) is 3.36. The van der Waals surface area contributed by atoms with Gasteiger partial charge in [0.1, 0.15) is 0 Å². The number of rotatable bonds is 1. The average molecular weight is 281 g/mol. The molecule has 2 aliphatic heterocycles. The number of fused-ring (bicyclic) bond motifs is 2. The smallest absolute Gasteiger partial charge is 0.307 e. The quantitative estimate of drug-likeness (QED) is 0.808. The lowest BCUT2D eigenvalue weighted by molar-refractivity contribution is -0.137. The first-order valence-corrected chi connectivity index (χ1v) is 7.08. The highest BCUT2D eigenvalue weighted by Crippen LogP contribution is 2.36. The topological polar surface area (TPSA) is 12.0 Å². The van der Waals surface area contributed by atoms with E-state index in [1.807, 2.05) is 6.92 Å². The zero-order valence-corrected chi connectivity index (χ0v) is 11.4. The first-order chi connectivity index (χ1) is 9.43. The number of hydrogen-bond acceptors (Lipinski definition) is 1. The number of benzene rings is 1. The Morgan fingerprint density at radius 3 is 2.70 bits per heavy atom. The molecule has 0 spiro atoms. The van der Waals surface area contributed by atoms with Crippen LogP contribution in [-0.2, 0) is 6.18 Å². The van der Waals surface area contributed by atoms with E-state index < -0.39 is 11.7 Å². The molecule has 0 saturated carbocycles. The maximum Gasteiger partial charge on any atom is 0.416 e. The number of halogens is 3. The Morgan fingerprint density at radius 1 is 1.20 bits per heavy atom. The third-order valence-corrected chi connectivity index (χ3v) is 4.30. The molecule has 1 saturated heterocycles. The van der Waals surface area contributed by atoms with Crippen molar-refractivity contribution in [3.05, 3.63) is 41.0 Å². The van der Waals surface area contributed by atoms with Crippen molar-refractivity contribution in [2.24, 2.45) is 0 Å². The summed E-state index contributed by atoms with van der Waals surface area (Å²) in [7, 11) is 0. The summed E-state index contributed by atoms with van der Waals surface area (Å²) >= 11 is 0. The van der Waals surface area contributed by atoms with E-state index in [4.69, 9.17) is 0 Å². The molecular weight excluding hydrogens is 263 g/mol. The molecule has 3 rings (SSSR count). The highest BCUT2D eigenvalue weighted by Gasteiger charge is 2.32. The molecule has 4 heteroatoms. The van der Waals surface area contributed by atoms with Crippen LogP contribution >= 0.6 is 0 Å². The van der Waals surface area contributed by atoms with Gasteiger partial charge in [0.05, 0.1) is 5.56 Å². The van der Waals surface area contributed by atoms with Crippen LogP contribution < -0.4 is 5.32 Å². The predicted octanol–water partition coefficient (Wildman–Crippen LogP) is 4.31. The summed E-state index contributed by atoms with van der Waals surface area (Å²) in [4.78, 5) is 0. The van der Waals surface area contributed by atoms with Crippen molar-refractivity contribution in [3.63, 3.8) is 0 Å². The second-order valence-corrected chi connectivity index (χ2v) is 5.82. The summed E-state index contributed by atoms with van der Waals surface area (Å²) in [6.07, 6.45) is 2.08. The fourth-order valence-corrected chi connectivity index (χ4v) is 3.27. The molecule has 108 valence electrons. The molecule has 0 radical (unpaired) electrons. The summed E-state index contributed by atoms with van der Waals surface area (Å²) in [6.45, 7) is 1.88. The Labute approximate surface area is 116 Å². The van der Waals surface area contributed by atoms with Gasteiger partial charge in [0.2, 0.25) is 0 Å². The van der Waals surface area contributed by atoms with Crippen LogP contribution in [0.2, 0.25) is 0 Å². The Morgan fingerprint density at radius 2 is 2.00 bits per heavy atom. The second kappa shape index (κ2) is 4.92. The summed E-state index contributed by atoms with van der Waals surface area (Å²) in [5, 5.41) is 3.52. The molecule has 0 aromatic heterocycles. The Balaban J connectivity index is 1.99. The number of alkyl halides is 3. The van der Waals surface area contributed by atoms with E-state index in [9.17, 15) is 13.2 Å². The van der Waals surface area contributed by atoms with E-state index in [0.29, 0.717) is 12.1 Å². The lowest BCUT2D eigenvalue weighted by atomic mass is 9.83. The zero-order valence-electron chi connectivity index (χ0n) is 11.4. The maximum atomic E-state index is 12.9. The summed E-state index contributed by atoms with van der Waals surface area (Å²) in [5.74, 6) is 0. The van der Waals surface area contributed by atoms with Gasteiger partial charge in [-0.15, -0.1) is 0 Å². The van der Waals surface area contributed by atoms with Crippen LogP contribution in [0.5, 0.6) is 0 Å². The van der Waals surface area contributed by atoms with Gasteiger partial charge in [-0.2, -0.15) is 13.2 Å². The van der Waals surface area contributed by atoms with Crippen molar-refractivity contribution >= 4 is 5.57 Å². The van der Waals surface area contributed by atoms with Crippen LogP contribution in [0.25, 0.3) is 5.57 Å². The minimum atomic E-state index is -4.27. The monoisotopic (exact) mass is 281 g/mol. The van der Waals surface area contributed by atoms with Gasteiger partial charge in [0.15, 0.2) is 0 Å². The van der Waals surface area contributed by atoms with Gasteiger partial charge in [0.25, 0.3) is 0 Å². The van der Waals surface area contributed by atoms with Crippen LogP contribution in [0.3, 0.4) is 0 Å². The van der Waals surface area contributed by atoms with Gasteiger partial charge in [-0.3, -0.25) is 0 Å². The van der Waals surface area contributed by atoms with Gasteiger partial charge in [0, 0.05) is 12.1 Å². The molecule has 20 heavy (non-hydrogen) atoms. The molecule has 1 fully saturated rings. The van der Waals surface area contributed by atoms with Crippen molar-refractivity contribution in [2.75, 3.05) is 0 Å². The van der Waals surface area contributed by atoms with E-state index in [1.165, 1.54) is 18.6 Å². The lowest BCUT2D eigenvalue weighted by Crippen LogP contribution is -2.44. The predicted molar refractivity (Wildman–Crippen MR) is 73.3 cm³/mol. The van der Waals surface area contributed by atoms with Gasteiger partial charge in [-0.05, 0) is 55.0 Å². The van der Waals surface area contributed by atoms with Crippen molar-refractivity contribution < 1.29 is 13.2 Å².